The van der Waals surface area contributed by atoms with Gasteiger partial charge in [-0.3, -0.25) is 0 Å². The minimum Gasteiger partial charge on any atom is -0.321 e. The van der Waals surface area contributed by atoms with Crippen molar-refractivity contribution in [1.29, 1.82) is 0 Å². The van der Waals surface area contributed by atoms with Crippen LogP contribution >= 0.6 is 0 Å². The van der Waals surface area contributed by atoms with Gasteiger partial charge in [0.25, 0.3) is 0 Å². The average Bonchev–Trinajstić information content (AvgIpc) is 2.44. The lowest BCUT2D eigenvalue weighted by Gasteiger charge is -2.17. The van der Waals surface area contributed by atoms with Gasteiger partial charge in [0, 0.05) is 17.4 Å². The zero-order valence-corrected chi connectivity index (χ0v) is 9.33. The fraction of sp³-hybridized carbons (Fsp3) is 0.385. The summed E-state index contributed by atoms with van der Waals surface area (Å²) in [6.07, 6.45) is 2.12. The Hall–Kier alpha value is -1.24. The Balaban J connectivity index is 2.80. The van der Waals surface area contributed by atoms with Crippen LogP contribution in [0.1, 0.15) is 32.0 Å². The number of hydrogen-bond acceptors (Lipinski definition) is 0. The zero-order valence-electron chi connectivity index (χ0n) is 9.33. The summed E-state index contributed by atoms with van der Waals surface area (Å²) < 4.78 is 2.25. The molecule has 0 aliphatic rings. The molecule has 0 radical (unpaired) electrons. The van der Waals surface area contributed by atoms with Crippen LogP contribution < -0.4 is 0 Å². The second-order valence-corrected chi connectivity index (χ2v) is 4.91. The van der Waals surface area contributed by atoms with Gasteiger partial charge in [-0.15, -0.1) is 0 Å². The van der Waals surface area contributed by atoms with Gasteiger partial charge in [0.1, 0.15) is 0 Å². The smallest absolute Gasteiger partial charge is 0.0490 e. The van der Waals surface area contributed by atoms with Crippen LogP contribution in [0.25, 0.3) is 5.52 Å². The molecule has 2 heterocycles. The molecular weight excluding hydrogens is 170 g/mol. The molecule has 1 heteroatoms. The molecule has 0 spiro atoms. The van der Waals surface area contributed by atoms with Crippen molar-refractivity contribution >= 4 is 5.52 Å². The molecule has 2 rings (SSSR count). The van der Waals surface area contributed by atoms with E-state index < -0.39 is 0 Å². The quantitative estimate of drug-likeness (QED) is 0.594. The van der Waals surface area contributed by atoms with Gasteiger partial charge in [-0.2, -0.15) is 0 Å². The van der Waals surface area contributed by atoms with E-state index >= 15 is 0 Å². The van der Waals surface area contributed by atoms with Crippen molar-refractivity contribution < 1.29 is 0 Å². The molecule has 0 bridgehead atoms. The van der Waals surface area contributed by atoms with E-state index in [2.05, 4.69) is 62.6 Å². The fourth-order valence-corrected chi connectivity index (χ4v) is 1.92. The summed E-state index contributed by atoms with van der Waals surface area (Å²) in [5, 5.41) is 0. The van der Waals surface area contributed by atoms with Crippen LogP contribution in [0.4, 0.5) is 0 Å². The van der Waals surface area contributed by atoms with Crippen LogP contribution in [0.3, 0.4) is 0 Å². The molecule has 0 saturated carbocycles. The molecule has 0 amide bonds. The van der Waals surface area contributed by atoms with Gasteiger partial charge in [-0.1, -0.05) is 26.8 Å². The van der Waals surface area contributed by atoms with E-state index in [9.17, 15) is 0 Å². The van der Waals surface area contributed by atoms with Crippen molar-refractivity contribution in [2.75, 3.05) is 0 Å². The van der Waals surface area contributed by atoms with Crippen molar-refractivity contribution in [2.45, 2.75) is 33.1 Å². The van der Waals surface area contributed by atoms with Crippen LogP contribution in [-0.2, 0) is 5.41 Å². The van der Waals surface area contributed by atoms with E-state index in [0.29, 0.717) is 0 Å². The molecule has 0 fully saturated rings. The van der Waals surface area contributed by atoms with Gasteiger partial charge in [0.15, 0.2) is 0 Å². The first-order chi connectivity index (χ1) is 6.50. The Morgan fingerprint density at radius 2 is 1.86 bits per heavy atom. The molecule has 0 N–H and O–H groups in total. The third kappa shape index (κ3) is 1.33. The van der Waals surface area contributed by atoms with Gasteiger partial charge >= 0.3 is 0 Å². The molecule has 2 aromatic heterocycles. The molecule has 0 atom stereocenters. The number of hydrogen-bond donors (Lipinski definition) is 0. The molecule has 2 aromatic rings. The Morgan fingerprint density at radius 3 is 2.50 bits per heavy atom. The molecule has 74 valence electrons. The first-order valence-corrected chi connectivity index (χ1v) is 5.07. The van der Waals surface area contributed by atoms with E-state index in [1.54, 1.807) is 0 Å². The lowest BCUT2D eigenvalue weighted by atomic mass is 9.87. The molecule has 0 unspecified atom stereocenters. The standard InChI is InChI=1S/C13H17N/c1-10-9-11(13(2,3)4)12-7-5-6-8-14(10)12/h5-9H,1-4H3. The van der Waals surface area contributed by atoms with Crippen LogP contribution in [0.2, 0.25) is 0 Å². The summed E-state index contributed by atoms with van der Waals surface area (Å²) in [4.78, 5) is 0. The zero-order chi connectivity index (χ0) is 10.3. The fourth-order valence-electron chi connectivity index (χ4n) is 1.92. The summed E-state index contributed by atoms with van der Waals surface area (Å²) in [7, 11) is 0. The van der Waals surface area contributed by atoms with E-state index in [4.69, 9.17) is 0 Å². The largest absolute Gasteiger partial charge is 0.321 e. The van der Waals surface area contributed by atoms with E-state index in [1.165, 1.54) is 16.8 Å². The maximum absolute atomic E-state index is 2.29. The third-order valence-corrected chi connectivity index (χ3v) is 2.68. The second-order valence-electron chi connectivity index (χ2n) is 4.91. The molecular formula is C13H17N. The van der Waals surface area contributed by atoms with E-state index in [1.807, 2.05) is 0 Å². The van der Waals surface area contributed by atoms with Crippen LogP contribution in [-0.4, -0.2) is 4.40 Å². The third-order valence-electron chi connectivity index (χ3n) is 2.68. The second kappa shape index (κ2) is 2.88. The summed E-state index contributed by atoms with van der Waals surface area (Å²) in [5.74, 6) is 0. The first kappa shape index (κ1) is 9.32. The predicted molar refractivity (Wildman–Crippen MR) is 60.8 cm³/mol. The highest BCUT2D eigenvalue weighted by atomic mass is 14.9. The van der Waals surface area contributed by atoms with Gasteiger partial charge in [0.05, 0.1) is 0 Å². The molecule has 1 nitrogen and oxygen atoms in total. The lowest BCUT2D eigenvalue weighted by Crippen LogP contribution is -2.10. The van der Waals surface area contributed by atoms with Crippen LogP contribution in [0, 0.1) is 6.92 Å². The highest BCUT2D eigenvalue weighted by Gasteiger charge is 2.18. The van der Waals surface area contributed by atoms with Gasteiger partial charge in [-0.05, 0) is 36.1 Å². The minimum atomic E-state index is 0.223. The van der Waals surface area contributed by atoms with Crippen molar-refractivity contribution in [3.05, 3.63) is 41.7 Å². The minimum absolute atomic E-state index is 0.223. The lowest BCUT2D eigenvalue weighted by molar-refractivity contribution is 0.596. The number of nitrogens with zero attached hydrogens (tertiary/aromatic N) is 1. The maximum Gasteiger partial charge on any atom is 0.0490 e. The molecule has 0 aliphatic heterocycles. The van der Waals surface area contributed by atoms with Gasteiger partial charge in [-0.25, -0.2) is 0 Å². The van der Waals surface area contributed by atoms with Crippen LogP contribution in [0.5, 0.6) is 0 Å². The summed E-state index contributed by atoms with van der Waals surface area (Å²) >= 11 is 0. The topological polar surface area (TPSA) is 4.41 Å². The van der Waals surface area contributed by atoms with Crippen molar-refractivity contribution in [1.82, 2.24) is 4.40 Å². The number of pyridine rings is 1. The van der Waals surface area contributed by atoms with Crippen molar-refractivity contribution in [3.8, 4) is 0 Å². The Bertz CT molecular complexity index is 458. The average molecular weight is 187 g/mol. The molecule has 0 saturated heterocycles. The van der Waals surface area contributed by atoms with E-state index in [0.717, 1.165) is 0 Å². The number of aryl methyl sites for hydroxylation is 1. The maximum atomic E-state index is 2.29. The van der Waals surface area contributed by atoms with Gasteiger partial charge < -0.3 is 4.40 Å². The summed E-state index contributed by atoms with van der Waals surface area (Å²) in [6.45, 7) is 8.93. The van der Waals surface area contributed by atoms with Crippen molar-refractivity contribution in [3.63, 3.8) is 0 Å². The van der Waals surface area contributed by atoms with E-state index in [-0.39, 0.29) is 5.41 Å². The monoisotopic (exact) mass is 187 g/mol. The Kier molecular flexibility index (Phi) is 1.91. The summed E-state index contributed by atoms with van der Waals surface area (Å²) in [5.41, 5.74) is 4.29. The molecule has 14 heavy (non-hydrogen) atoms. The SMILES string of the molecule is Cc1cc(C(C)(C)C)c2ccccn12. The summed E-state index contributed by atoms with van der Waals surface area (Å²) in [6, 6.07) is 8.65. The van der Waals surface area contributed by atoms with Gasteiger partial charge in [0.2, 0.25) is 0 Å². The highest BCUT2D eigenvalue weighted by molar-refractivity contribution is 5.60. The first-order valence-electron chi connectivity index (χ1n) is 5.07. The van der Waals surface area contributed by atoms with Crippen molar-refractivity contribution in [2.24, 2.45) is 0 Å². The Labute approximate surface area is 85.4 Å². The predicted octanol–water partition coefficient (Wildman–Crippen LogP) is 3.55. The number of rotatable bonds is 0. The van der Waals surface area contributed by atoms with Crippen LogP contribution in [0.15, 0.2) is 30.5 Å². The highest BCUT2D eigenvalue weighted by Crippen LogP contribution is 2.28. The normalized spacial score (nSPS) is 12.3. The Morgan fingerprint density at radius 1 is 1.14 bits per heavy atom. The number of fused-ring (bicyclic) bond motifs is 1. The molecule has 0 aliphatic carbocycles. The number of aromatic nitrogens is 1. The molecule has 0 aromatic carbocycles.